The molecule has 1 unspecified atom stereocenters. The standard InChI is InChI=1S/C18H23N3O3/c1-12-6-8-13(9-7-12)19-16(22)10-11-21-17(23)14-4-2-3-5-15(14)20-18(21)24/h2-5,12-14H,6-11H2,1H3,(H,19,22). The topological polar surface area (TPSA) is 78.8 Å². The van der Waals surface area contributed by atoms with E-state index in [1.165, 1.54) is 0 Å². The van der Waals surface area contributed by atoms with Crippen molar-refractivity contribution in [2.24, 2.45) is 16.8 Å². The first-order valence-corrected chi connectivity index (χ1v) is 8.62. The number of aliphatic imine (C=N–C) groups is 1. The molecule has 0 radical (unpaired) electrons. The molecule has 0 aromatic carbocycles. The van der Waals surface area contributed by atoms with Gasteiger partial charge in [-0.05, 0) is 37.7 Å². The molecule has 1 heterocycles. The highest BCUT2D eigenvalue weighted by molar-refractivity contribution is 6.21. The number of rotatable bonds is 4. The Labute approximate surface area is 141 Å². The number of hydrogen-bond donors (Lipinski definition) is 1. The molecule has 3 aliphatic rings. The van der Waals surface area contributed by atoms with Crippen molar-refractivity contribution in [2.75, 3.05) is 6.54 Å². The Balaban J connectivity index is 1.52. The van der Waals surface area contributed by atoms with Gasteiger partial charge >= 0.3 is 6.03 Å². The van der Waals surface area contributed by atoms with Crippen molar-refractivity contribution in [2.45, 2.75) is 45.1 Å². The normalized spacial score (nSPS) is 29.3. The van der Waals surface area contributed by atoms with Crippen LogP contribution in [0, 0.1) is 11.8 Å². The molecule has 0 bridgehead atoms. The van der Waals surface area contributed by atoms with Gasteiger partial charge in [0.25, 0.3) is 0 Å². The third kappa shape index (κ3) is 3.63. The van der Waals surface area contributed by atoms with E-state index in [1.807, 2.05) is 0 Å². The zero-order valence-electron chi connectivity index (χ0n) is 13.9. The van der Waals surface area contributed by atoms with Gasteiger partial charge in [0, 0.05) is 19.0 Å². The summed E-state index contributed by atoms with van der Waals surface area (Å²) in [5.41, 5.74) is 0.476. The molecule has 0 spiro atoms. The summed E-state index contributed by atoms with van der Waals surface area (Å²) in [6, 6.07) is -0.358. The van der Waals surface area contributed by atoms with Crippen LogP contribution in [0.3, 0.4) is 0 Å². The summed E-state index contributed by atoms with van der Waals surface area (Å²) in [7, 11) is 0. The molecule has 1 saturated carbocycles. The smallest absolute Gasteiger partial charge is 0.350 e. The van der Waals surface area contributed by atoms with Crippen LogP contribution in [0.2, 0.25) is 0 Å². The average Bonchev–Trinajstić information content (AvgIpc) is 2.57. The maximum absolute atomic E-state index is 12.4. The van der Waals surface area contributed by atoms with Crippen molar-refractivity contribution in [3.8, 4) is 0 Å². The minimum atomic E-state index is -0.578. The Morgan fingerprint density at radius 1 is 1.25 bits per heavy atom. The van der Waals surface area contributed by atoms with Crippen LogP contribution in [0.25, 0.3) is 0 Å². The third-order valence-corrected chi connectivity index (χ3v) is 4.93. The highest BCUT2D eigenvalue weighted by Crippen LogP contribution is 2.23. The van der Waals surface area contributed by atoms with Gasteiger partial charge in [0.15, 0.2) is 0 Å². The van der Waals surface area contributed by atoms with Gasteiger partial charge in [0.05, 0.1) is 11.6 Å². The van der Waals surface area contributed by atoms with Crippen molar-refractivity contribution >= 4 is 23.6 Å². The van der Waals surface area contributed by atoms with E-state index in [0.29, 0.717) is 5.71 Å². The SMILES string of the molecule is CC1CCC(NC(=O)CCN2C(=O)N=C3C=CC=CC3C2=O)CC1. The van der Waals surface area contributed by atoms with E-state index in [-0.39, 0.29) is 30.8 Å². The summed E-state index contributed by atoms with van der Waals surface area (Å²) in [5, 5.41) is 3.02. The fraction of sp³-hybridized carbons (Fsp3) is 0.556. The molecule has 4 amide bonds. The molecule has 1 atom stereocenters. The van der Waals surface area contributed by atoms with Crippen LogP contribution < -0.4 is 5.32 Å². The number of hydrogen-bond acceptors (Lipinski definition) is 3. The van der Waals surface area contributed by atoms with Gasteiger partial charge in [0.1, 0.15) is 0 Å². The Kier molecular flexibility index (Phi) is 4.92. The molecule has 2 aliphatic carbocycles. The van der Waals surface area contributed by atoms with Crippen LogP contribution in [0.5, 0.6) is 0 Å². The van der Waals surface area contributed by atoms with Gasteiger partial charge in [-0.3, -0.25) is 14.5 Å². The van der Waals surface area contributed by atoms with E-state index in [4.69, 9.17) is 0 Å². The van der Waals surface area contributed by atoms with Gasteiger partial charge < -0.3 is 5.32 Å². The molecule has 1 aliphatic heterocycles. The lowest BCUT2D eigenvalue weighted by atomic mass is 9.87. The second-order valence-corrected chi connectivity index (χ2v) is 6.81. The van der Waals surface area contributed by atoms with E-state index in [2.05, 4.69) is 17.2 Å². The average molecular weight is 329 g/mol. The van der Waals surface area contributed by atoms with E-state index in [0.717, 1.165) is 36.5 Å². The third-order valence-electron chi connectivity index (χ3n) is 4.93. The lowest BCUT2D eigenvalue weighted by Crippen LogP contribution is -2.47. The zero-order chi connectivity index (χ0) is 17.1. The molecule has 24 heavy (non-hydrogen) atoms. The quantitative estimate of drug-likeness (QED) is 0.859. The number of fused-ring (bicyclic) bond motifs is 1. The number of nitrogens with zero attached hydrogens (tertiary/aromatic N) is 2. The number of imide groups is 1. The van der Waals surface area contributed by atoms with E-state index in [9.17, 15) is 14.4 Å². The van der Waals surface area contributed by atoms with Gasteiger partial charge in [0.2, 0.25) is 11.8 Å². The molecule has 6 nitrogen and oxygen atoms in total. The lowest BCUT2D eigenvalue weighted by molar-refractivity contribution is -0.130. The first kappa shape index (κ1) is 16.6. The van der Waals surface area contributed by atoms with Crippen molar-refractivity contribution in [1.29, 1.82) is 0 Å². The van der Waals surface area contributed by atoms with Crippen molar-refractivity contribution in [1.82, 2.24) is 10.2 Å². The number of carbonyl (C=O) groups excluding carboxylic acids is 3. The zero-order valence-corrected chi connectivity index (χ0v) is 13.9. The van der Waals surface area contributed by atoms with E-state index >= 15 is 0 Å². The second-order valence-electron chi connectivity index (χ2n) is 6.81. The van der Waals surface area contributed by atoms with Gasteiger partial charge in [-0.25, -0.2) is 4.79 Å². The first-order chi connectivity index (χ1) is 11.5. The number of carbonyl (C=O) groups is 3. The molecular formula is C18H23N3O3. The Hall–Kier alpha value is -2.24. The summed E-state index contributed by atoms with van der Waals surface area (Å²) < 4.78 is 0. The van der Waals surface area contributed by atoms with Crippen LogP contribution in [0.4, 0.5) is 4.79 Å². The predicted octanol–water partition coefficient (Wildman–Crippen LogP) is 2.22. The summed E-state index contributed by atoms with van der Waals surface area (Å²) in [4.78, 5) is 41.6. The fourth-order valence-corrected chi connectivity index (χ4v) is 3.40. The maximum Gasteiger partial charge on any atom is 0.350 e. The van der Waals surface area contributed by atoms with E-state index in [1.54, 1.807) is 24.3 Å². The summed E-state index contributed by atoms with van der Waals surface area (Å²) in [5.74, 6) is -0.184. The molecule has 128 valence electrons. The van der Waals surface area contributed by atoms with Crippen LogP contribution in [0.15, 0.2) is 29.3 Å². The molecule has 0 saturated heterocycles. The first-order valence-electron chi connectivity index (χ1n) is 8.62. The van der Waals surface area contributed by atoms with E-state index < -0.39 is 11.9 Å². The Morgan fingerprint density at radius 2 is 2.00 bits per heavy atom. The monoisotopic (exact) mass is 329 g/mol. The van der Waals surface area contributed by atoms with Crippen molar-refractivity contribution in [3.05, 3.63) is 24.3 Å². The second kappa shape index (κ2) is 7.11. The largest absolute Gasteiger partial charge is 0.353 e. The summed E-state index contributed by atoms with van der Waals surface area (Å²) in [6.07, 6.45) is 11.3. The van der Waals surface area contributed by atoms with Crippen LogP contribution in [-0.2, 0) is 9.59 Å². The number of allylic oxidation sites excluding steroid dienone is 3. The fourth-order valence-electron chi connectivity index (χ4n) is 3.40. The Bertz CT molecular complexity index is 627. The van der Waals surface area contributed by atoms with Gasteiger partial charge in [-0.1, -0.05) is 25.2 Å². The number of nitrogens with one attached hydrogen (secondary N) is 1. The van der Waals surface area contributed by atoms with Gasteiger partial charge in [-0.2, -0.15) is 4.99 Å². The maximum atomic E-state index is 12.4. The minimum Gasteiger partial charge on any atom is -0.353 e. The molecule has 3 rings (SSSR count). The predicted molar refractivity (Wildman–Crippen MR) is 90.5 cm³/mol. The molecular weight excluding hydrogens is 306 g/mol. The molecule has 0 aromatic heterocycles. The molecule has 6 heteroatoms. The number of amides is 4. The highest BCUT2D eigenvalue weighted by Gasteiger charge is 2.35. The minimum absolute atomic E-state index is 0.0808. The summed E-state index contributed by atoms with van der Waals surface area (Å²) >= 11 is 0. The van der Waals surface area contributed by atoms with Crippen molar-refractivity contribution < 1.29 is 14.4 Å². The lowest BCUT2D eigenvalue weighted by Gasteiger charge is -2.29. The van der Waals surface area contributed by atoms with Crippen LogP contribution in [-0.4, -0.2) is 41.0 Å². The van der Waals surface area contributed by atoms with Gasteiger partial charge in [-0.15, -0.1) is 0 Å². The number of urea groups is 1. The summed E-state index contributed by atoms with van der Waals surface area (Å²) in [6.45, 7) is 2.31. The molecule has 1 N–H and O–H groups in total. The van der Waals surface area contributed by atoms with Crippen molar-refractivity contribution in [3.63, 3.8) is 0 Å². The molecule has 0 aromatic rings. The van der Waals surface area contributed by atoms with Crippen LogP contribution in [0.1, 0.15) is 39.0 Å². The van der Waals surface area contributed by atoms with Crippen LogP contribution >= 0.6 is 0 Å². The highest BCUT2D eigenvalue weighted by atomic mass is 16.2. The molecule has 1 fully saturated rings. The Morgan fingerprint density at radius 3 is 2.75 bits per heavy atom.